The van der Waals surface area contributed by atoms with E-state index in [9.17, 15) is 14.3 Å². The Morgan fingerprint density at radius 1 is 0.950 bits per heavy atom. The Morgan fingerprint density at radius 2 is 1.65 bits per heavy atom. The Hall–Kier alpha value is -4.42. The molecular formula is C34H30FNO4. The molecule has 5 nitrogen and oxygen atoms in total. The zero-order valence-corrected chi connectivity index (χ0v) is 22.3. The number of halogens is 1. The summed E-state index contributed by atoms with van der Waals surface area (Å²) in [6.45, 7) is 3.76. The summed E-state index contributed by atoms with van der Waals surface area (Å²) in [7, 11) is 0. The fraction of sp³-hybridized carbons (Fsp3) is 0.206. The van der Waals surface area contributed by atoms with Crippen LogP contribution in [0.2, 0.25) is 0 Å². The zero-order chi connectivity index (χ0) is 27.6. The van der Waals surface area contributed by atoms with Crippen LogP contribution in [0.3, 0.4) is 0 Å². The first-order valence-corrected chi connectivity index (χ1v) is 13.5. The van der Waals surface area contributed by atoms with E-state index in [0.29, 0.717) is 19.8 Å². The van der Waals surface area contributed by atoms with E-state index in [1.54, 1.807) is 24.3 Å². The van der Waals surface area contributed by atoms with Crippen molar-refractivity contribution in [2.45, 2.75) is 32.3 Å². The Balaban J connectivity index is 1.65. The molecule has 0 aliphatic carbocycles. The molecule has 0 bridgehead atoms. The zero-order valence-electron chi connectivity index (χ0n) is 22.3. The van der Waals surface area contributed by atoms with Crippen LogP contribution in [0.15, 0.2) is 91.0 Å². The van der Waals surface area contributed by atoms with E-state index in [1.807, 2.05) is 49.4 Å². The van der Waals surface area contributed by atoms with Crippen molar-refractivity contribution >= 4 is 16.9 Å². The van der Waals surface area contributed by atoms with E-state index in [4.69, 9.17) is 9.47 Å². The van der Waals surface area contributed by atoms with E-state index in [0.717, 1.165) is 63.1 Å². The van der Waals surface area contributed by atoms with Crippen LogP contribution in [0.5, 0.6) is 5.75 Å². The third kappa shape index (κ3) is 4.87. The molecule has 2 heterocycles. The van der Waals surface area contributed by atoms with Crippen LogP contribution in [0.4, 0.5) is 4.39 Å². The molecule has 6 heteroatoms. The van der Waals surface area contributed by atoms with Crippen molar-refractivity contribution in [1.29, 1.82) is 0 Å². The van der Waals surface area contributed by atoms with E-state index < -0.39 is 5.97 Å². The van der Waals surface area contributed by atoms with Crippen molar-refractivity contribution in [3.8, 4) is 22.6 Å². The van der Waals surface area contributed by atoms with Gasteiger partial charge in [0.1, 0.15) is 18.2 Å². The number of fused-ring (bicyclic) bond motifs is 1. The fourth-order valence-electron chi connectivity index (χ4n) is 5.69. The van der Waals surface area contributed by atoms with Gasteiger partial charge in [0, 0.05) is 36.1 Å². The van der Waals surface area contributed by atoms with Crippen LogP contribution in [0.1, 0.15) is 45.9 Å². The lowest BCUT2D eigenvalue weighted by Crippen LogP contribution is -2.17. The lowest BCUT2D eigenvalue weighted by molar-refractivity contribution is 0.0697. The van der Waals surface area contributed by atoms with Gasteiger partial charge in [0.25, 0.3) is 0 Å². The highest BCUT2D eigenvalue weighted by Crippen LogP contribution is 2.47. The molecular weight excluding hydrogens is 505 g/mol. The lowest BCUT2D eigenvalue weighted by atomic mass is 9.89. The van der Waals surface area contributed by atoms with Crippen molar-refractivity contribution in [1.82, 2.24) is 4.57 Å². The van der Waals surface area contributed by atoms with Gasteiger partial charge < -0.3 is 19.1 Å². The smallest absolute Gasteiger partial charge is 0.335 e. The summed E-state index contributed by atoms with van der Waals surface area (Å²) >= 11 is 0. The first kappa shape index (κ1) is 25.8. The number of benzene rings is 4. The SMILES string of the molecule is Cc1ccc2c(c1OCc1ccccc1)c(-c1ccc(C(=O)O)cc1)c(C1CCOCC1)n2-c1ccc(F)cc1. The van der Waals surface area contributed by atoms with Crippen LogP contribution in [0.25, 0.3) is 27.7 Å². The summed E-state index contributed by atoms with van der Waals surface area (Å²) in [6.07, 6.45) is 1.69. The molecule has 40 heavy (non-hydrogen) atoms. The topological polar surface area (TPSA) is 60.7 Å². The second-order valence-corrected chi connectivity index (χ2v) is 10.2. The first-order chi connectivity index (χ1) is 19.5. The standard InChI is InChI=1S/C34H30FNO4/c1-22-7-16-29-31(33(22)40-21-23-5-3-2-4-6-23)30(24-8-10-26(11-9-24)34(37)38)32(25-17-19-39-20-18-25)36(29)28-14-12-27(35)13-15-28/h2-16,25H,17-21H2,1H3,(H,37,38). The minimum atomic E-state index is -0.965. The van der Waals surface area contributed by atoms with Crippen LogP contribution in [-0.4, -0.2) is 28.9 Å². The number of hydrogen-bond donors (Lipinski definition) is 1. The Bertz CT molecular complexity index is 1650. The lowest BCUT2D eigenvalue weighted by Gasteiger charge is -2.26. The number of carboxylic acids is 1. The summed E-state index contributed by atoms with van der Waals surface area (Å²) in [6, 6.07) is 27.8. The van der Waals surface area contributed by atoms with E-state index in [2.05, 4.69) is 16.7 Å². The highest BCUT2D eigenvalue weighted by atomic mass is 19.1. The largest absolute Gasteiger partial charge is 0.488 e. The second kappa shape index (κ2) is 11.0. The van der Waals surface area contributed by atoms with Gasteiger partial charge >= 0.3 is 5.97 Å². The van der Waals surface area contributed by atoms with Gasteiger partial charge in [-0.3, -0.25) is 0 Å². The summed E-state index contributed by atoms with van der Waals surface area (Å²) < 4.78 is 28.6. The number of carbonyl (C=O) groups is 1. The van der Waals surface area contributed by atoms with Crippen LogP contribution in [-0.2, 0) is 11.3 Å². The molecule has 1 fully saturated rings. The highest BCUT2D eigenvalue weighted by Gasteiger charge is 2.30. The van der Waals surface area contributed by atoms with Gasteiger partial charge in [0.15, 0.2) is 0 Å². The maximum atomic E-state index is 14.0. The molecule has 0 unspecified atom stereocenters. The number of nitrogens with zero attached hydrogens (tertiary/aromatic N) is 1. The van der Waals surface area contributed by atoms with E-state index in [1.165, 1.54) is 12.1 Å². The van der Waals surface area contributed by atoms with Crippen molar-refractivity contribution in [3.05, 3.63) is 119 Å². The Morgan fingerprint density at radius 3 is 2.33 bits per heavy atom. The molecule has 1 aliphatic heterocycles. The van der Waals surface area contributed by atoms with Gasteiger partial charge in [-0.05, 0) is 78.9 Å². The first-order valence-electron chi connectivity index (χ1n) is 13.5. The minimum Gasteiger partial charge on any atom is -0.488 e. The predicted octanol–water partition coefficient (Wildman–Crippen LogP) is 7.92. The van der Waals surface area contributed by atoms with Gasteiger partial charge in [0.2, 0.25) is 0 Å². The van der Waals surface area contributed by atoms with Gasteiger partial charge in [-0.25, -0.2) is 9.18 Å². The maximum Gasteiger partial charge on any atom is 0.335 e. The molecule has 1 aromatic heterocycles. The van der Waals surface area contributed by atoms with Crippen molar-refractivity contribution < 1.29 is 23.8 Å². The normalized spacial score (nSPS) is 13.9. The van der Waals surface area contributed by atoms with Gasteiger partial charge in [0.05, 0.1) is 16.5 Å². The van der Waals surface area contributed by atoms with Gasteiger partial charge in [-0.1, -0.05) is 48.5 Å². The number of ether oxygens (including phenoxy) is 2. The molecule has 4 aromatic carbocycles. The van der Waals surface area contributed by atoms with Crippen LogP contribution >= 0.6 is 0 Å². The summed E-state index contributed by atoms with van der Waals surface area (Å²) in [5.74, 6) is -0.289. The molecule has 6 rings (SSSR count). The number of aromatic carboxylic acids is 1. The molecule has 1 aliphatic rings. The number of aromatic nitrogens is 1. The number of aryl methyl sites for hydroxylation is 1. The average Bonchev–Trinajstić information content (AvgIpc) is 3.33. The molecule has 5 aromatic rings. The fourth-order valence-corrected chi connectivity index (χ4v) is 5.69. The molecule has 0 saturated carbocycles. The monoisotopic (exact) mass is 535 g/mol. The summed E-state index contributed by atoms with van der Waals surface area (Å²) in [4.78, 5) is 11.6. The van der Waals surface area contributed by atoms with Crippen molar-refractivity contribution in [2.75, 3.05) is 13.2 Å². The third-order valence-electron chi connectivity index (χ3n) is 7.66. The molecule has 0 amide bonds. The third-order valence-corrected chi connectivity index (χ3v) is 7.66. The van der Waals surface area contributed by atoms with E-state index in [-0.39, 0.29) is 17.3 Å². The van der Waals surface area contributed by atoms with Crippen molar-refractivity contribution in [2.24, 2.45) is 0 Å². The average molecular weight is 536 g/mol. The Labute approximate surface area is 232 Å². The number of hydrogen-bond acceptors (Lipinski definition) is 3. The van der Waals surface area contributed by atoms with Crippen LogP contribution in [0, 0.1) is 12.7 Å². The molecule has 0 atom stereocenters. The number of rotatable bonds is 7. The summed E-state index contributed by atoms with van der Waals surface area (Å²) in [5, 5.41) is 10.5. The minimum absolute atomic E-state index is 0.183. The molecule has 0 radical (unpaired) electrons. The molecule has 1 saturated heterocycles. The summed E-state index contributed by atoms with van der Waals surface area (Å²) in [5.41, 5.74) is 7.13. The quantitative estimate of drug-likeness (QED) is 0.230. The highest BCUT2D eigenvalue weighted by molar-refractivity contribution is 6.04. The van der Waals surface area contributed by atoms with Crippen molar-refractivity contribution in [3.63, 3.8) is 0 Å². The molecule has 0 spiro atoms. The predicted molar refractivity (Wildman–Crippen MR) is 154 cm³/mol. The van der Waals surface area contributed by atoms with Gasteiger partial charge in [-0.2, -0.15) is 0 Å². The maximum absolute atomic E-state index is 14.0. The Kier molecular flexibility index (Phi) is 7.10. The van der Waals surface area contributed by atoms with E-state index >= 15 is 0 Å². The molecule has 202 valence electrons. The number of carboxylic acid groups (broad SMARTS) is 1. The van der Waals surface area contributed by atoms with Gasteiger partial charge in [-0.15, -0.1) is 0 Å². The molecule has 1 N–H and O–H groups in total. The second-order valence-electron chi connectivity index (χ2n) is 10.2. The van der Waals surface area contributed by atoms with Crippen LogP contribution < -0.4 is 4.74 Å².